The Morgan fingerprint density at radius 1 is 1.32 bits per heavy atom. The number of hydrogen-bond acceptors (Lipinski definition) is 3. The fraction of sp³-hybridized carbons (Fsp3) is 0.533. The molecule has 0 spiro atoms. The highest BCUT2D eigenvalue weighted by Gasteiger charge is 2.13. The van der Waals surface area contributed by atoms with Crippen LogP contribution < -0.4 is 5.32 Å². The SMILES string of the molecule is CCCNC(CO)Cn1c(CC)nc2ccccc21. The number of aryl methyl sites for hydroxylation is 1. The summed E-state index contributed by atoms with van der Waals surface area (Å²) in [4.78, 5) is 4.65. The Labute approximate surface area is 114 Å². The van der Waals surface area contributed by atoms with E-state index < -0.39 is 0 Å². The first-order valence-corrected chi connectivity index (χ1v) is 7.08. The van der Waals surface area contributed by atoms with Crippen LogP contribution in [0.25, 0.3) is 11.0 Å². The molecule has 0 bridgehead atoms. The van der Waals surface area contributed by atoms with Gasteiger partial charge in [0.1, 0.15) is 5.82 Å². The molecule has 0 amide bonds. The molecule has 0 fully saturated rings. The first-order valence-electron chi connectivity index (χ1n) is 7.08. The third kappa shape index (κ3) is 3.14. The summed E-state index contributed by atoms with van der Waals surface area (Å²) in [6, 6.07) is 8.27. The maximum atomic E-state index is 9.49. The summed E-state index contributed by atoms with van der Waals surface area (Å²) < 4.78 is 2.22. The van der Waals surface area contributed by atoms with Crippen LogP contribution in [0.15, 0.2) is 24.3 Å². The van der Waals surface area contributed by atoms with Crippen LogP contribution in [0.4, 0.5) is 0 Å². The predicted molar refractivity (Wildman–Crippen MR) is 78.3 cm³/mol. The Morgan fingerprint density at radius 2 is 2.11 bits per heavy atom. The second-order valence-electron chi connectivity index (χ2n) is 4.81. The molecule has 2 aromatic rings. The van der Waals surface area contributed by atoms with Gasteiger partial charge >= 0.3 is 0 Å². The van der Waals surface area contributed by atoms with Crippen LogP contribution in [0, 0.1) is 0 Å². The molecular formula is C15H23N3O. The van der Waals surface area contributed by atoms with Gasteiger partial charge < -0.3 is 15.0 Å². The van der Waals surface area contributed by atoms with E-state index in [0.717, 1.165) is 42.8 Å². The minimum Gasteiger partial charge on any atom is -0.395 e. The van der Waals surface area contributed by atoms with Crippen LogP contribution in [0.1, 0.15) is 26.1 Å². The average molecular weight is 261 g/mol. The zero-order chi connectivity index (χ0) is 13.7. The Balaban J connectivity index is 2.26. The first-order chi connectivity index (χ1) is 9.30. The van der Waals surface area contributed by atoms with Crippen LogP contribution >= 0.6 is 0 Å². The van der Waals surface area contributed by atoms with Gasteiger partial charge in [-0.2, -0.15) is 0 Å². The van der Waals surface area contributed by atoms with Crippen molar-refractivity contribution in [1.82, 2.24) is 14.9 Å². The Kier molecular flexibility index (Phi) is 4.93. The minimum atomic E-state index is 0.0860. The Hall–Kier alpha value is -1.39. The van der Waals surface area contributed by atoms with Crippen molar-refractivity contribution in [2.24, 2.45) is 0 Å². The average Bonchev–Trinajstić information content (AvgIpc) is 2.81. The summed E-state index contributed by atoms with van der Waals surface area (Å²) in [5.41, 5.74) is 2.18. The van der Waals surface area contributed by atoms with E-state index in [1.807, 2.05) is 18.2 Å². The van der Waals surface area contributed by atoms with Crippen molar-refractivity contribution in [3.05, 3.63) is 30.1 Å². The molecule has 4 heteroatoms. The van der Waals surface area contributed by atoms with Crippen LogP contribution in [-0.4, -0.2) is 33.9 Å². The number of benzene rings is 1. The lowest BCUT2D eigenvalue weighted by Crippen LogP contribution is -2.37. The molecule has 104 valence electrons. The van der Waals surface area contributed by atoms with Gasteiger partial charge in [0, 0.05) is 19.0 Å². The monoisotopic (exact) mass is 261 g/mol. The van der Waals surface area contributed by atoms with E-state index >= 15 is 0 Å². The van der Waals surface area contributed by atoms with Gasteiger partial charge in [-0.05, 0) is 25.1 Å². The summed E-state index contributed by atoms with van der Waals surface area (Å²) in [5, 5.41) is 12.9. The molecule has 4 nitrogen and oxygen atoms in total. The molecule has 0 radical (unpaired) electrons. The fourth-order valence-corrected chi connectivity index (χ4v) is 2.35. The third-order valence-corrected chi connectivity index (χ3v) is 3.36. The zero-order valence-electron chi connectivity index (χ0n) is 11.8. The van der Waals surface area contributed by atoms with Crippen molar-refractivity contribution in [3.63, 3.8) is 0 Å². The van der Waals surface area contributed by atoms with Gasteiger partial charge in [-0.1, -0.05) is 26.0 Å². The second-order valence-corrected chi connectivity index (χ2v) is 4.81. The summed E-state index contributed by atoms with van der Waals surface area (Å²) >= 11 is 0. The fourth-order valence-electron chi connectivity index (χ4n) is 2.35. The van der Waals surface area contributed by atoms with Crippen molar-refractivity contribution in [3.8, 4) is 0 Å². The van der Waals surface area contributed by atoms with Gasteiger partial charge in [-0.3, -0.25) is 0 Å². The number of rotatable bonds is 7. The molecule has 0 saturated carbocycles. The molecular weight excluding hydrogens is 238 g/mol. The normalized spacial score (nSPS) is 13.0. The number of imidazole rings is 1. The summed E-state index contributed by atoms with van der Waals surface area (Å²) in [6.45, 7) is 6.09. The molecule has 0 aliphatic carbocycles. The molecule has 1 heterocycles. The lowest BCUT2D eigenvalue weighted by atomic mass is 10.2. The lowest BCUT2D eigenvalue weighted by Gasteiger charge is -2.18. The molecule has 0 aliphatic rings. The molecule has 1 unspecified atom stereocenters. The molecule has 0 saturated heterocycles. The molecule has 1 aromatic carbocycles. The van der Waals surface area contributed by atoms with Gasteiger partial charge in [0.25, 0.3) is 0 Å². The van der Waals surface area contributed by atoms with Crippen LogP contribution in [-0.2, 0) is 13.0 Å². The van der Waals surface area contributed by atoms with E-state index in [1.54, 1.807) is 0 Å². The van der Waals surface area contributed by atoms with Crippen LogP contribution in [0.2, 0.25) is 0 Å². The van der Waals surface area contributed by atoms with Crippen LogP contribution in [0.5, 0.6) is 0 Å². The molecule has 1 aromatic heterocycles. The van der Waals surface area contributed by atoms with Crippen molar-refractivity contribution in [2.45, 2.75) is 39.3 Å². The van der Waals surface area contributed by atoms with Crippen molar-refractivity contribution in [1.29, 1.82) is 0 Å². The van der Waals surface area contributed by atoms with E-state index in [9.17, 15) is 5.11 Å². The summed E-state index contributed by atoms with van der Waals surface area (Å²) in [5.74, 6) is 1.08. The number of hydrogen-bond donors (Lipinski definition) is 2. The first kappa shape index (κ1) is 14.0. The van der Waals surface area contributed by atoms with Gasteiger partial charge in [-0.25, -0.2) is 4.98 Å². The van der Waals surface area contributed by atoms with E-state index in [4.69, 9.17) is 0 Å². The summed E-state index contributed by atoms with van der Waals surface area (Å²) in [6.07, 6.45) is 1.97. The van der Waals surface area contributed by atoms with Gasteiger partial charge in [0.05, 0.1) is 17.6 Å². The topological polar surface area (TPSA) is 50.1 Å². The highest BCUT2D eigenvalue weighted by Crippen LogP contribution is 2.16. The maximum Gasteiger partial charge on any atom is 0.109 e. The van der Waals surface area contributed by atoms with Crippen molar-refractivity contribution in [2.75, 3.05) is 13.2 Å². The number of fused-ring (bicyclic) bond motifs is 1. The number of para-hydroxylation sites is 2. The third-order valence-electron chi connectivity index (χ3n) is 3.36. The number of aromatic nitrogens is 2. The minimum absolute atomic E-state index is 0.0860. The number of nitrogens with one attached hydrogen (secondary N) is 1. The highest BCUT2D eigenvalue weighted by molar-refractivity contribution is 5.75. The maximum absolute atomic E-state index is 9.49. The molecule has 2 N–H and O–H groups in total. The molecule has 1 atom stereocenters. The number of aliphatic hydroxyl groups is 1. The molecule has 2 rings (SSSR count). The quantitative estimate of drug-likeness (QED) is 0.801. The number of nitrogens with zero attached hydrogens (tertiary/aromatic N) is 2. The van der Waals surface area contributed by atoms with Gasteiger partial charge in [-0.15, -0.1) is 0 Å². The second kappa shape index (κ2) is 6.68. The van der Waals surface area contributed by atoms with Crippen molar-refractivity contribution < 1.29 is 5.11 Å². The van der Waals surface area contributed by atoms with Crippen molar-refractivity contribution >= 4 is 11.0 Å². The predicted octanol–water partition coefficient (Wildman–Crippen LogP) is 1.96. The van der Waals surface area contributed by atoms with Crippen LogP contribution in [0.3, 0.4) is 0 Å². The highest BCUT2D eigenvalue weighted by atomic mass is 16.3. The zero-order valence-corrected chi connectivity index (χ0v) is 11.8. The molecule has 19 heavy (non-hydrogen) atoms. The lowest BCUT2D eigenvalue weighted by molar-refractivity contribution is 0.229. The van der Waals surface area contributed by atoms with E-state index in [1.165, 1.54) is 0 Å². The van der Waals surface area contributed by atoms with E-state index in [2.05, 4.69) is 34.8 Å². The number of aliphatic hydroxyl groups excluding tert-OH is 1. The summed E-state index contributed by atoms with van der Waals surface area (Å²) in [7, 11) is 0. The van der Waals surface area contributed by atoms with E-state index in [-0.39, 0.29) is 12.6 Å². The van der Waals surface area contributed by atoms with Gasteiger partial charge in [0.2, 0.25) is 0 Å². The van der Waals surface area contributed by atoms with E-state index in [0.29, 0.717) is 0 Å². The molecule has 0 aliphatic heterocycles. The van der Waals surface area contributed by atoms with Gasteiger partial charge in [0.15, 0.2) is 0 Å². The standard InChI is InChI=1S/C15H23N3O/c1-3-9-16-12(11-19)10-18-14-8-6-5-7-13(14)17-15(18)4-2/h5-8,12,16,19H,3-4,9-11H2,1-2H3. The Bertz CT molecular complexity index is 521. The Morgan fingerprint density at radius 3 is 2.79 bits per heavy atom. The smallest absolute Gasteiger partial charge is 0.109 e. The largest absolute Gasteiger partial charge is 0.395 e.